The zero-order valence-corrected chi connectivity index (χ0v) is 9.55. The van der Waals surface area contributed by atoms with Crippen molar-refractivity contribution in [2.75, 3.05) is 25.5 Å². The topological polar surface area (TPSA) is 116 Å². The number of hydrogen-bond donors (Lipinski definition) is 2. The Morgan fingerprint density at radius 3 is 2.88 bits per heavy atom. The number of aromatic nitrogens is 2. The Morgan fingerprint density at radius 1 is 1.53 bits per heavy atom. The fraction of sp³-hybridized carbons (Fsp3) is 0.556. The van der Waals surface area contributed by atoms with Crippen molar-refractivity contribution >= 4 is 11.5 Å². The number of hydrogen-bond acceptors (Lipinski definition) is 7. The van der Waals surface area contributed by atoms with E-state index in [0.717, 1.165) is 12.8 Å². The van der Waals surface area contributed by atoms with Crippen LogP contribution in [0.5, 0.6) is 5.88 Å². The summed E-state index contributed by atoms with van der Waals surface area (Å²) in [4.78, 5) is 17.8. The van der Waals surface area contributed by atoms with E-state index in [1.54, 1.807) is 0 Å². The summed E-state index contributed by atoms with van der Waals surface area (Å²) in [5.41, 5.74) is 5.10. The molecule has 0 saturated carbocycles. The van der Waals surface area contributed by atoms with Gasteiger partial charge in [-0.2, -0.15) is 4.98 Å². The summed E-state index contributed by atoms with van der Waals surface area (Å²) < 4.78 is 4.82. The molecule has 1 rings (SSSR count). The maximum Gasteiger partial charge on any atom is 0.372 e. The molecule has 17 heavy (non-hydrogen) atoms. The fourth-order valence-corrected chi connectivity index (χ4v) is 1.28. The molecular formula is C9H15N5O3. The number of methoxy groups -OCH3 is 1. The molecule has 0 aliphatic rings. The molecule has 1 aromatic rings. The van der Waals surface area contributed by atoms with Crippen molar-refractivity contribution in [3.05, 3.63) is 16.4 Å². The molecule has 0 atom stereocenters. The van der Waals surface area contributed by atoms with Crippen LogP contribution >= 0.6 is 0 Å². The number of ether oxygens (including phenoxy) is 1. The lowest BCUT2D eigenvalue weighted by Crippen LogP contribution is -2.09. The second kappa shape index (κ2) is 6.59. The summed E-state index contributed by atoms with van der Waals surface area (Å²) in [6, 6.07) is 0. The van der Waals surface area contributed by atoms with Gasteiger partial charge in [0.05, 0.1) is 12.0 Å². The second-order valence-corrected chi connectivity index (χ2v) is 3.26. The minimum Gasteiger partial charge on any atom is -0.476 e. The third-order valence-electron chi connectivity index (χ3n) is 2.09. The number of nitrogens with one attached hydrogen (secondary N) is 1. The van der Waals surface area contributed by atoms with Crippen molar-refractivity contribution in [1.29, 1.82) is 0 Å². The van der Waals surface area contributed by atoms with Crippen molar-refractivity contribution in [1.82, 2.24) is 9.97 Å². The predicted octanol–water partition coefficient (Wildman–Crippen LogP) is 0.544. The first kappa shape index (κ1) is 13.1. The summed E-state index contributed by atoms with van der Waals surface area (Å²) in [7, 11) is 1.33. The Morgan fingerprint density at radius 2 is 2.29 bits per heavy atom. The molecule has 0 aliphatic heterocycles. The highest BCUT2D eigenvalue weighted by molar-refractivity contribution is 5.60. The first-order chi connectivity index (χ1) is 8.20. The minimum absolute atomic E-state index is 0.0497. The zero-order valence-electron chi connectivity index (χ0n) is 9.55. The van der Waals surface area contributed by atoms with Gasteiger partial charge in [-0.1, -0.05) is 0 Å². The molecule has 0 amide bonds. The summed E-state index contributed by atoms with van der Waals surface area (Å²) in [6.07, 6.45) is 2.89. The van der Waals surface area contributed by atoms with Gasteiger partial charge < -0.3 is 15.8 Å². The molecule has 3 N–H and O–H groups in total. The summed E-state index contributed by atoms with van der Waals surface area (Å²) >= 11 is 0. The van der Waals surface area contributed by atoms with Gasteiger partial charge in [-0.25, -0.2) is 4.98 Å². The molecule has 0 radical (unpaired) electrons. The van der Waals surface area contributed by atoms with Crippen molar-refractivity contribution in [2.24, 2.45) is 5.73 Å². The lowest BCUT2D eigenvalue weighted by molar-refractivity contribution is -0.385. The predicted molar refractivity (Wildman–Crippen MR) is 62.0 cm³/mol. The van der Waals surface area contributed by atoms with Crippen LogP contribution in [0.15, 0.2) is 6.33 Å². The van der Waals surface area contributed by atoms with Gasteiger partial charge in [-0.05, 0) is 19.4 Å². The normalized spacial score (nSPS) is 10.0. The highest BCUT2D eigenvalue weighted by Crippen LogP contribution is 2.30. The van der Waals surface area contributed by atoms with Gasteiger partial charge in [0.15, 0.2) is 0 Å². The summed E-state index contributed by atoms with van der Waals surface area (Å²) in [5.74, 6) is 0.116. The van der Waals surface area contributed by atoms with Crippen molar-refractivity contribution in [3.8, 4) is 5.88 Å². The lowest BCUT2D eigenvalue weighted by Gasteiger charge is -2.07. The highest BCUT2D eigenvalue weighted by atomic mass is 16.6. The first-order valence-corrected chi connectivity index (χ1v) is 5.18. The van der Waals surface area contributed by atoms with Crippen LogP contribution in [-0.2, 0) is 0 Å². The van der Waals surface area contributed by atoms with E-state index in [-0.39, 0.29) is 17.4 Å². The van der Waals surface area contributed by atoms with Crippen molar-refractivity contribution in [2.45, 2.75) is 12.8 Å². The molecule has 1 heterocycles. The van der Waals surface area contributed by atoms with E-state index in [1.807, 2.05) is 0 Å². The standard InChI is InChI=1S/C9H15N5O3/c1-17-9-7(14(15)16)8(12-6-13-9)11-5-3-2-4-10/h6H,2-5,10H2,1H3,(H,11,12,13). The van der Waals surface area contributed by atoms with E-state index < -0.39 is 4.92 Å². The van der Waals surface area contributed by atoms with E-state index in [0.29, 0.717) is 13.1 Å². The molecule has 0 unspecified atom stereocenters. The largest absolute Gasteiger partial charge is 0.476 e. The quantitative estimate of drug-likeness (QED) is 0.406. The monoisotopic (exact) mass is 241 g/mol. The van der Waals surface area contributed by atoms with Gasteiger partial charge in [-0.15, -0.1) is 0 Å². The van der Waals surface area contributed by atoms with Gasteiger partial charge in [-0.3, -0.25) is 10.1 Å². The number of nitrogens with zero attached hydrogens (tertiary/aromatic N) is 3. The average Bonchev–Trinajstić information content (AvgIpc) is 2.33. The average molecular weight is 241 g/mol. The van der Waals surface area contributed by atoms with Crippen LogP contribution in [0, 0.1) is 10.1 Å². The number of nitrogens with two attached hydrogens (primary N) is 1. The minimum atomic E-state index is -0.565. The van der Waals surface area contributed by atoms with Crippen LogP contribution in [0.4, 0.5) is 11.5 Å². The maximum absolute atomic E-state index is 10.9. The molecule has 0 fully saturated rings. The summed E-state index contributed by atoms with van der Waals surface area (Å²) in [5, 5.41) is 13.8. The zero-order chi connectivity index (χ0) is 12.7. The lowest BCUT2D eigenvalue weighted by atomic mass is 10.3. The van der Waals surface area contributed by atoms with Crippen LogP contribution in [0.3, 0.4) is 0 Å². The van der Waals surface area contributed by atoms with E-state index in [4.69, 9.17) is 10.5 Å². The van der Waals surface area contributed by atoms with E-state index in [1.165, 1.54) is 13.4 Å². The molecule has 94 valence electrons. The Bertz CT molecular complexity index is 385. The number of nitro groups is 1. The Labute approximate surface area is 98.4 Å². The van der Waals surface area contributed by atoms with Gasteiger partial charge in [0, 0.05) is 6.54 Å². The third kappa shape index (κ3) is 3.52. The van der Waals surface area contributed by atoms with Crippen LogP contribution in [-0.4, -0.2) is 35.1 Å². The molecule has 0 bridgehead atoms. The molecule has 8 nitrogen and oxygen atoms in total. The second-order valence-electron chi connectivity index (χ2n) is 3.26. The number of rotatable bonds is 7. The number of unbranched alkanes of at least 4 members (excludes halogenated alkanes) is 1. The Hall–Kier alpha value is -1.96. The molecule has 8 heteroatoms. The number of anilines is 1. The molecule has 0 aromatic carbocycles. The van der Waals surface area contributed by atoms with Crippen LogP contribution in [0.2, 0.25) is 0 Å². The van der Waals surface area contributed by atoms with Crippen LogP contribution < -0.4 is 15.8 Å². The smallest absolute Gasteiger partial charge is 0.372 e. The molecule has 0 saturated heterocycles. The molecular weight excluding hydrogens is 226 g/mol. The summed E-state index contributed by atoms with van der Waals surface area (Å²) in [6.45, 7) is 1.16. The van der Waals surface area contributed by atoms with E-state index in [2.05, 4.69) is 15.3 Å². The van der Waals surface area contributed by atoms with Gasteiger partial charge >= 0.3 is 5.69 Å². The van der Waals surface area contributed by atoms with Gasteiger partial charge in [0.25, 0.3) is 5.88 Å². The molecule has 0 spiro atoms. The van der Waals surface area contributed by atoms with Crippen molar-refractivity contribution < 1.29 is 9.66 Å². The Balaban J connectivity index is 2.79. The third-order valence-corrected chi connectivity index (χ3v) is 2.09. The van der Waals surface area contributed by atoms with E-state index in [9.17, 15) is 10.1 Å². The van der Waals surface area contributed by atoms with Crippen molar-refractivity contribution in [3.63, 3.8) is 0 Å². The van der Waals surface area contributed by atoms with Crippen LogP contribution in [0.25, 0.3) is 0 Å². The maximum atomic E-state index is 10.9. The molecule has 0 aliphatic carbocycles. The first-order valence-electron chi connectivity index (χ1n) is 5.18. The molecule has 1 aromatic heterocycles. The SMILES string of the molecule is COc1ncnc(NCCCCN)c1[N+](=O)[O-]. The highest BCUT2D eigenvalue weighted by Gasteiger charge is 2.23. The van der Waals surface area contributed by atoms with Gasteiger partial charge in [0.2, 0.25) is 5.82 Å². The fourth-order valence-electron chi connectivity index (χ4n) is 1.28. The van der Waals surface area contributed by atoms with Gasteiger partial charge in [0.1, 0.15) is 6.33 Å². The van der Waals surface area contributed by atoms with E-state index >= 15 is 0 Å². The van der Waals surface area contributed by atoms with Crippen LogP contribution in [0.1, 0.15) is 12.8 Å². The Kier molecular flexibility index (Phi) is 5.08.